The summed E-state index contributed by atoms with van der Waals surface area (Å²) in [5, 5.41) is 0. The molecular weight excluding hydrogens is 379 g/mol. The third-order valence-electron chi connectivity index (χ3n) is 1.82. The molecule has 0 atom stereocenters. The molecule has 0 bridgehead atoms. The Morgan fingerprint density at radius 3 is 2.00 bits per heavy atom. The number of hydrogen-bond acceptors (Lipinski definition) is 1. The number of carbonyl (C=O) groups is 1. The molecule has 0 aromatic heterocycles. The van der Waals surface area contributed by atoms with Crippen molar-refractivity contribution in [3.8, 4) is 0 Å². The fourth-order valence-electron chi connectivity index (χ4n) is 0.971. The Morgan fingerprint density at radius 1 is 1.06 bits per heavy atom. The number of carbonyl (C=O) groups excluding carboxylic acids is 1. The van der Waals surface area contributed by atoms with E-state index in [2.05, 4.69) is 31.9 Å². The topological polar surface area (TPSA) is 17.1 Å². The van der Waals surface area contributed by atoms with Gasteiger partial charge in [0.25, 0.3) is 0 Å². The quantitative estimate of drug-likeness (QED) is 0.540. The SMILES string of the molecule is O=C(c1ccc(Br)cc1Br)C(F)(F)C(F)(F)F. The molecule has 0 saturated heterocycles. The number of rotatable bonds is 2. The van der Waals surface area contributed by atoms with E-state index in [1.54, 1.807) is 0 Å². The molecule has 17 heavy (non-hydrogen) atoms. The second-order valence-corrected chi connectivity index (χ2v) is 4.80. The van der Waals surface area contributed by atoms with E-state index in [4.69, 9.17) is 0 Å². The Bertz CT molecular complexity index is 455. The predicted molar refractivity (Wildman–Crippen MR) is 57.2 cm³/mol. The molecule has 1 rings (SSSR count). The number of Topliss-reactive ketones (excluding diaryl/α,β-unsaturated/α-hetero) is 1. The highest BCUT2D eigenvalue weighted by molar-refractivity contribution is 9.11. The Kier molecular flexibility index (Phi) is 3.97. The Morgan fingerprint density at radius 2 is 1.59 bits per heavy atom. The minimum atomic E-state index is -5.91. The molecule has 8 heteroatoms. The van der Waals surface area contributed by atoms with Crippen LogP contribution in [0, 0.1) is 0 Å². The number of alkyl halides is 5. The maximum atomic E-state index is 12.8. The first-order valence-electron chi connectivity index (χ1n) is 4.02. The standard InChI is InChI=1S/C9H3Br2F5O/c10-4-1-2-5(6(11)3-4)7(17)8(12,13)9(14,15)16/h1-3H. The lowest BCUT2D eigenvalue weighted by molar-refractivity contribution is -0.255. The van der Waals surface area contributed by atoms with E-state index in [9.17, 15) is 26.7 Å². The van der Waals surface area contributed by atoms with Gasteiger partial charge in [0.1, 0.15) is 0 Å². The molecule has 0 fully saturated rings. The third-order valence-corrected chi connectivity index (χ3v) is 2.97. The lowest BCUT2D eigenvalue weighted by atomic mass is 10.1. The van der Waals surface area contributed by atoms with Crippen LogP contribution in [-0.2, 0) is 0 Å². The van der Waals surface area contributed by atoms with Crippen LogP contribution in [-0.4, -0.2) is 17.9 Å². The van der Waals surface area contributed by atoms with Gasteiger partial charge in [0.2, 0.25) is 5.78 Å². The summed E-state index contributed by atoms with van der Waals surface area (Å²) < 4.78 is 61.8. The maximum Gasteiger partial charge on any atom is 0.461 e. The average molecular weight is 382 g/mol. The molecule has 1 aromatic carbocycles. The molecule has 0 heterocycles. The van der Waals surface area contributed by atoms with Crippen LogP contribution < -0.4 is 0 Å². The van der Waals surface area contributed by atoms with Crippen molar-refractivity contribution in [1.82, 2.24) is 0 Å². The van der Waals surface area contributed by atoms with Gasteiger partial charge in [-0.15, -0.1) is 0 Å². The normalized spacial score (nSPS) is 12.6. The molecule has 0 amide bonds. The van der Waals surface area contributed by atoms with Crippen LogP contribution in [0.25, 0.3) is 0 Å². The van der Waals surface area contributed by atoms with E-state index in [1.807, 2.05) is 0 Å². The van der Waals surface area contributed by atoms with Gasteiger partial charge in [-0.1, -0.05) is 31.9 Å². The summed E-state index contributed by atoms with van der Waals surface area (Å²) in [4.78, 5) is 11.1. The fraction of sp³-hybridized carbons (Fsp3) is 0.222. The Hall–Kier alpha value is -0.500. The number of halogens is 7. The Labute approximate surface area is 109 Å². The summed E-state index contributed by atoms with van der Waals surface area (Å²) in [7, 11) is 0. The van der Waals surface area contributed by atoms with Crippen LogP contribution in [0.3, 0.4) is 0 Å². The first-order valence-corrected chi connectivity index (χ1v) is 5.60. The number of hydrogen-bond donors (Lipinski definition) is 0. The summed E-state index contributed by atoms with van der Waals surface area (Å²) in [5.41, 5.74) is -0.726. The molecule has 0 aliphatic carbocycles. The lowest BCUT2D eigenvalue weighted by Crippen LogP contribution is -2.44. The van der Waals surface area contributed by atoms with Crippen LogP contribution in [0.1, 0.15) is 10.4 Å². The van der Waals surface area contributed by atoms with Crippen LogP contribution in [0.15, 0.2) is 27.1 Å². The van der Waals surface area contributed by atoms with Gasteiger partial charge in [0.05, 0.1) is 0 Å². The maximum absolute atomic E-state index is 12.8. The van der Waals surface area contributed by atoms with Gasteiger partial charge in [-0.3, -0.25) is 4.79 Å². The van der Waals surface area contributed by atoms with Crippen molar-refractivity contribution in [2.24, 2.45) is 0 Å². The predicted octanol–water partition coefficient (Wildman–Crippen LogP) is 4.59. The molecule has 0 aliphatic heterocycles. The van der Waals surface area contributed by atoms with Gasteiger partial charge in [-0.2, -0.15) is 22.0 Å². The zero-order valence-electron chi connectivity index (χ0n) is 7.79. The van der Waals surface area contributed by atoms with Crippen molar-refractivity contribution in [1.29, 1.82) is 0 Å². The van der Waals surface area contributed by atoms with Crippen LogP contribution >= 0.6 is 31.9 Å². The Balaban J connectivity index is 3.22. The van der Waals surface area contributed by atoms with E-state index in [0.29, 0.717) is 4.47 Å². The van der Waals surface area contributed by atoms with Gasteiger partial charge in [-0.25, -0.2) is 0 Å². The van der Waals surface area contributed by atoms with Crippen LogP contribution in [0.5, 0.6) is 0 Å². The first kappa shape index (κ1) is 14.6. The highest BCUT2D eigenvalue weighted by Gasteiger charge is 2.63. The second kappa shape index (κ2) is 4.64. The van der Waals surface area contributed by atoms with Gasteiger partial charge in [0.15, 0.2) is 0 Å². The molecule has 0 unspecified atom stereocenters. The first-order chi connectivity index (χ1) is 7.57. The zero-order chi connectivity index (χ0) is 13.4. The van der Waals surface area contributed by atoms with Crippen molar-refractivity contribution >= 4 is 37.6 Å². The summed E-state index contributed by atoms with van der Waals surface area (Å²) in [6.07, 6.45) is -5.91. The lowest BCUT2D eigenvalue weighted by Gasteiger charge is -2.18. The smallest absolute Gasteiger partial charge is 0.287 e. The van der Waals surface area contributed by atoms with Gasteiger partial charge >= 0.3 is 12.1 Å². The van der Waals surface area contributed by atoms with Crippen molar-refractivity contribution in [2.45, 2.75) is 12.1 Å². The van der Waals surface area contributed by atoms with Crippen molar-refractivity contribution < 1.29 is 26.7 Å². The van der Waals surface area contributed by atoms with Crippen LogP contribution in [0.2, 0.25) is 0 Å². The van der Waals surface area contributed by atoms with E-state index < -0.39 is 23.4 Å². The second-order valence-electron chi connectivity index (χ2n) is 3.03. The summed E-state index contributed by atoms with van der Waals surface area (Å²) >= 11 is 5.74. The van der Waals surface area contributed by atoms with E-state index in [-0.39, 0.29) is 4.47 Å². The van der Waals surface area contributed by atoms with Gasteiger partial charge < -0.3 is 0 Å². The van der Waals surface area contributed by atoms with Gasteiger partial charge in [0, 0.05) is 14.5 Å². The molecule has 94 valence electrons. The number of ketones is 1. The van der Waals surface area contributed by atoms with Gasteiger partial charge in [-0.05, 0) is 18.2 Å². The number of benzene rings is 1. The fourth-order valence-corrected chi connectivity index (χ4v) is 2.20. The monoisotopic (exact) mass is 380 g/mol. The highest BCUT2D eigenvalue weighted by atomic mass is 79.9. The molecule has 0 aliphatic rings. The van der Waals surface area contributed by atoms with E-state index in [1.165, 1.54) is 12.1 Å². The van der Waals surface area contributed by atoms with E-state index in [0.717, 1.165) is 6.07 Å². The molecule has 1 nitrogen and oxygen atoms in total. The summed E-state index contributed by atoms with van der Waals surface area (Å²) in [5.74, 6) is -7.69. The van der Waals surface area contributed by atoms with Crippen molar-refractivity contribution in [3.05, 3.63) is 32.7 Å². The highest BCUT2D eigenvalue weighted by Crippen LogP contribution is 2.39. The summed E-state index contributed by atoms with van der Waals surface area (Å²) in [6, 6.07) is 3.29. The molecular formula is C9H3Br2F5O. The minimum Gasteiger partial charge on any atom is -0.287 e. The zero-order valence-corrected chi connectivity index (χ0v) is 11.0. The van der Waals surface area contributed by atoms with Crippen LogP contribution in [0.4, 0.5) is 22.0 Å². The molecule has 0 spiro atoms. The molecule has 0 N–H and O–H groups in total. The van der Waals surface area contributed by atoms with Crippen molar-refractivity contribution in [3.63, 3.8) is 0 Å². The minimum absolute atomic E-state index is 0.138. The van der Waals surface area contributed by atoms with Crippen molar-refractivity contribution in [2.75, 3.05) is 0 Å². The summed E-state index contributed by atoms with van der Waals surface area (Å²) in [6.45, 7) is 0. The molecule has 0 radical (unpaired) electrons. The largest absolute Gasteiger partial charge is 0.461 e. The average Bonchev–Trinajstić information content (AvgIpc) is 2.14. The van der Waals surface area contributed by atoms with E-state index >= 15 is 0 Å². The third kappa shape index (κ3) is 2.85. The molecule has 0 saturated carbocycles. The molecule has 1 aromatic rings.